The number of hydrogen-bond acceptors (Lipinski definition) is 4. The topological polar surface area (TPSA) is 110 Å². The van der Waals surface area contributed by atoms with E-state index in [1.54, 1.807) is 0 Å². The average molecular weight is 323 g/mol. The van der Waals surface area contributed by atoms with Crippen molar-refractivity contribution in [2.75, 3.05) is 39.3 Å². The van der Waals surface area contributed by atoms with Gasteiger partial charge in [0.05, 0.1) is 6.16 Å². The molecule has 5 nitrogen and oxygen atoms in total. The number of aliphatic hydroxyl groups is 1. The summed E-state index contributed by atoms with van der Waals surface area (Å²) in [5.41, 5.74) is 10.4. The molecule has 6 N–H and O–H groups in total. The van der Waals surface area contributed by atoms with Crippen molar-refractivity contribution in [1.82, 2.24) is 0 Å². The third kappa shape index (κ3) is 22.2. The van der Waals surface area contributed by atoms with Crippen molar-refractivity contribution in [2.45, 2.75) is 51.0 Å². The Labute approximate surface area is 130 Å². The summed E-state index contributed by atoms with van der Waals surface area (Å²) in [4.78, 5) is 10.1. The lowest BCUT2D eigenvalue weighted by molar-refractivity contribution is -0.138. The average Bonchev–Trinajstić information content (AvgIpc) is 2.38. The Kier molecular flexibility index (Phi) is 16.1. The van der Waals surface area contributed by atoms with E-state index >= 15 is 0 Å². The van der Waals surface area contributed by atoms with E-state index in [-0.39, 0.29) is 0 Å². The Morgan fingerprint density at radius 2 is 1.62 bits per heavy atom. The molecular formula is C15H36N2O3P+. The number of unbranched alkanes of at least 4 members (excludes halogenated alkanes) is 4. The van der Waals surface area contributed by atoms with Gasteiger partial charge in [0.2, 0.25) is 0 Å². The Bertz CT molecular complexity index is 246. The molecular weight excluding hydrogens is 287 g/mol. The second-order valence-electron chi connectivity index (χ2n) is 6.38. The highest BCUT2D eigenvalue weighted by atomic mass is 31.2. The van der Waals surface area contributed by atoms with Crippen LogP contribution in [0.1, 0.15) is 44.9 Å². The molecule has 0 radical (unpaired) electrons. The lowest BCUT2D eigenvalue weighted by Gasteiger charge is -2.10. The predicted octanol–water partition coefficient (Wildman–Crippen LogP) is 1.97. The molecule has 0 aromatic heterocycles. The van der Waals surface area contributed by atoms with Crippen LogP contribution in [0, 0.1) is 0 Å². The molecule has 0 spiro atoms. The molecule has 0 aliphatic heterocycles. The van der Waals surface area contributed by atoms with Gasteiger partial charge in [0.1, 0.15) is 6.04 Å². The minimum absolute atomic E-state index is 0.366. The summed E-state index contributed by atoms with van der Waals surface area (Å²) >= 11 is 0. The van der Waals surface area contributed by atoms with Crippen molar-refractivity contribution in [3.8, 4) is 0 Å². The quantitative estimate of drug-likeness (QED) is 0.343. The van der Waals surface area contributed by atoms with Gasteiger partial charge in [-0.2, -0.15) is 0 Å². The maximum absolute atomic E-state index is 10.1. The largest absolute Gasteiger partial charge is 0.480 e. The lowest BCUT2D eigenvalue weighted by Crippen LogP contribution is -2.29. The van der Waals surface area contributed by atoms with Crippen LogP contribution in [-0.2, 0) is 4.79 Å². The van der Waals surface area contributed by atoms with Crippen molar-refractivity contribution in [1.29, 1.82) is 0 Å². The predicted molar refractivity (Wildman–Crippen MR) is 93.6 cm³/mol. The van der Waals surface area contributed by atoms with E-state index in [4.69, 9.17) is 21.7 Å². The Balaban J connectivity index is 0. The van der Waals surface area contributed by atoms with Gasteiger partial charge in [-0.3, -0.25) is 4.79 Å². The van der Waals surface area contributed by atoms with Crippen LogP contribution < -0.4 is 11.5 Å². The maximum atomic E-state index is 10.1. The highest BCUT2D eigenvalue weighted by Crippen LogP contribution is 2.47. The van der Waals surface area contributed by atoms with Gasteiger partial charge in [-0.05, 0) is 38.6 Å². The van der Waals surface area contributed by atoms with Gasteiger partial charge in [0, 0.05) is 33.9 Å². The maximum Gasteiger partial charge on any atom is 0.320 e. The third-order valence-electron chi connectivity index (χ3n) is 3.02. The summed E-state index contributed by atoms with van der Waals surface area (Å²) in [5.74, 6) is -0.933. The molecule has 0 amide bonds. The van der Waals surface area contributed by atoms with Gasteiger partial charge in [-0.25, -0.2) is 0 Å². The van der Waals surface area contributed by atoms with E-state index in [0.29, 0.717) is 19.6 Å². The van der Waals surface area contributed by atoms with E-state index in [1.165, 1.54) is 25.4 Å². The summed E-state index contributed by atoms with van der Waals surface area (Å²) in [6, 6.07) is -0.716. The van der Waals surface area contributed by atoms with Gasteiger partial charge in [-0.1, -0.05) is 12.8 Å². The van der Waals surface area contributed by atoms with Crippen molar-refractivity contribution in [3.63, 3.8) is 0 Å². The molecule has 0 aromatic rings. The highest BCUT2D eigenvalue weighted by molar-refractivity contribution is 7.73. The molecule has 0 bridgehead atoms. The van der Waals surface area contributed by atoms with Crippen molar-refractivity contribution < 1.29 is 15.0 Å². The standard InChI is InChI=1S/C9H22OP.C6H14N2O2/c1-11(2,3)9-7-5-4-6-8-10;7-4-2-1-3-5(8)6(9)10/h10H,4-9H2,1-3H3;5H,1-4,7-8H2,(H,9,10)/q+1;. The number of hydrogen-bond donors (Lipinski definition) is 4. The van der Waals surface area contributed by atoms with Gasteiger partial charge in [0.15, 0.2) is 0 Å². The molecule has 0 aromatic carbocycles. The normalized spacial score (nSPS) is 12.5. The van der Waals surface area contributed by atoms with Crippen LogP contribution in [-0.4, -0.2) is 61.5 Å². The summed E-state index contributed by atoms with van der Waals surface area (Å²) < 4.78 is 0. The van der Waals surface area contributed by atoms with Crippen molar-refractivity contribution in [3.05, 3.63) is 0 Å². The van der Waals surface area contributed by atoms with Crippen LogP contribution in [0.25, 0.3) is 0 Å². The highest BCUT2D eigenvalue weighted by Gasteiger charge is 2.15. The second kappa shape index (κ2) is 14.7. The Morgan fingerprint density at radius 3 is 2.05 bits per heavy atom. The number of carboxylic acid groups (broad SMARTS) is 1. The minimum atomic E-state index is -0.933. The molecule has 0 rings (SSSR count). The molecule has 1 atom stereocenters. The SMILES string of the molecule is C[P+](C)(C)CCCCCCO.NCCCCC(N)C(=O)O. The van der Waals surface area contributed by atoms with Crippen LogP contribution in [0.5, 0.6) is 0 Å². The summed E-state index contributed by atoms with van der Waals surface area (Å²) in [5, 5.41) is 16.9. The first-order valence-corrected chi connectivity index (χ1v) is 11.2. The van der Waals surface area contributed by atoms with Gasteiger partial charge < -0.3 is 21.7 Å². The molecule has 128 valence electrons. The fourth-order valence-corrected chi connectivity index (χ4v) is 2.86. The van der Waals surface area contributed by atoms with Gasteiger partial charge >= 0.3 is 5.97 Å². The van der Waals surface area contributed by atoms with Crippen molar-refractivity contribution in [2.24, 2.45) is 11.5 Å². The van der Waals surface area contributed by atoms with E-state index in [9.17, 15) is 4.79 Å². The monoisotopic (exact) mass is 323 g/mol. The number of aliphatic carboxylic acids is 1. The van der Waals surface area contributed by atoms with Crippen LogP contribution in [0.3, 0.4) is 0 Å². The number of nitrogens with two attached hydrogens (primary N) is 2. The number of carboxylic acids is 1. The Hall–Kier alpha value is -0.220. The molecule has 6 heteroatoms. The van der Waals surface area contributed by atoms with Gasteiger partial charge in [-0.15, -0.1) is 0 Å². The van der Waals surface area contributed by atoms with E-state index < -0.39 is 19.3 Å². The molecule has 0 aliphatic carbocycles. The first kappa shape index (κ1) is 23.1. The zero-order valence-electron chi connectivity index (χ0n) is 14.1. The number of rotatable bonds is 11. The molecule has 0 saturated heterocycles. The minimum Gasteiger partial charge on any atom is -0.480 e. The van der Waals surface area contributed by atoms with E-state index in [2.05, 4.69) is 20.0 Å². The first-order valence-electron chi connectivity index (χ1n) is 7.84. The summed E-state index contributed by atoms with van der Waals surface area (Å²) in [7, 11) is -0.527. The zero-order valence-corrected chi connectivity index (χ0v) is 14.9. The van der Waals surface area contributed by atoms with Gasteiger partial charge in [0.25, 0.3) is 0 Å². The fourth-order valence-electron chi connectivity index (χ4n) is 1.68. The third-order valence-corrected chi connectivity index (χ3v) is 4.68. The molecule has 1 unspecified atom stereocenters. The number of aliphatic hydroxyl groups excluding tert-OH is 1. The summed E-state index contributed by atoms with van der Waals surface area (Å²) in [6.07, 6.45) is 8.43. The molecule has 0 aliphatic rings. The van der Waals surface area contributed by atoms with E-state index in [0.717, 1.165) is 19.3 Å². The van der Waals surface area contributed by atoms with Crippen LogP contribution in [0.2, 0.25) is 0 Å². The number of carbonyl (C=O) groups is 1. The van der Waals surface area contributed by atoms with Crippen LogP contribution >= 0.6 is 7.26 Å². The van der Waals surface area contributed by atoms with Crippen LogP contribution in [0.15, 0.2) is 0 Å². The molecule has 0 fully saturated rings. The van der Waals surface area contributed by atoms with E-state index in [1.807, 2.05) is 0 Å². The van der Waals surface area contributed by atoms with Crippen molar-refractivity contribution >= 4 is 13.2 Å². The van der Waals surface area contributed by atoms with Crippen LogP contribution in [0.4, 0.5) is 0 Å². The lowest BCUT2D eigenvalue weighted by atomic mass is 10.1. The smallest absolute Gasteiger partial charge is 0.320 e. The second-order valence-corrected chi connectivity index (χ2v) is 11.4. The summed E-state index contributed by atoms with van der Waals surface area (Å²) in [6.45, 7) is 8.13. The zero-order chi connectivity index (χ0) is 16.7. The first-order chi connectivity index (χ1) is 9.74. The molecule has 0 saturated carbocycles. The molecule has 0 heterocycles. The Morgan fingerprint density at radius 1 is 1.05 bits per heavy atom. The molecule has 21 heavy (non-hydrogen) atoms. The fraction of sp³-hybridized carbons (Fsp3) is 0.933.